The molecule has 27 heavy (non-hydrogen) atoms. The Kier molecular flexibility index (Phi) is 5.46. The SMILES string of the molecule is CCCC1=C(C(=O)OCC)[C@H](c2cccc3ccccc23)C(C#N)=C(N)O1. The van der Waals surface area contributed by atoms with Crippen molar-refractivity contribution in [3.63, 3.8) is 0 Å². The van der Waals surface area contributed by atoms with E-state index in [0.29, 0.717) is 17.8 Å². The van der Waals surface area contributed by atoms with Gasteiger partial charge in [-0.15, -0.1) is 0 Å². The van der Waals surface area contributed by atoms with Crippen molar-refractivity contribution in [3.8, 4) is 6.07 Å². The highest BCUT2D eigenvalue weighted by molar-refractivity contribution is 5.95. The van der Waals surface area contributed by atoms with Gasteiger partial charge in [0.25, 0.3) is 0 Å². The molecule has 0 fully saturated rings. The number of hydrogen-bond donors (Lipinski definition) is 1. The molecule has 1 atom stereocenters. The molecule has 2 N–H and O–H groups in total. The molecule has 0 spiro atoms. The number of nitrogens with two attached hydrogens (primary N) is 1. The van der Waals surface area contributed by atoms with Gasteiger partial charge in [-0.25, -0.2) is 4.79 Å². The minimum Gasteiger partial charge on any atom is -0.463 e. The highest BCUT2D eigenvalue weighted by Gasteiger charge is 2.37. The van der Waals surface area contributed by atoms with Gasteiger partial charge in [0, 0.05) is 6.42 Å². The van der Waals surface area contributed by atoms with E-state index < -0.39 is 11.9 Å². The number of esters is 1. The van der Waals surface area contributed by atoms with Crippen LogP contribution >= 0.6 is 0 Å². The van der Waals surface area contributed by atoms with Crippen LogP contribution in [-0.2, 0) is 14.3 Å². The van der Waals surface area contributed by atoms with Crippen LogP contribution in [0.15, 0.2) is 65.3 Å². The zero-order valence-electron chi connectivity index (χ0n) is 15.5. The third kappa shape index (κ3) is 3.39. The fourth-order valence-corrected chi connectivity index (χ4v) is 3.48. The topological polar surface area (TPSA) is 85.3 Å². The van der Waals surface area contributed by atoms with Crippen LogP contribution in [0.5, 0.6) is 0 Å². The van der Waals surface area contributed by atoms with Gasteiger partial charge in [0.2, 0.25) is 5.88 Å². The first kappa shape index (κ1) is 18.5. The summed E-state index contributed by atoms with van der Waals surface area (Å²) in [6.45, 7) is 3.99. The minimum atomic E-state index is -0.615. The molecule has 0 saturated carbocycles. The van der Waals surface area contributed by atoms with E-state index >= 15 is 0 Å². The molecule has 1 aliphatic heterocycles. The number of nitrogens with zero attached hydrogens (tertiary/aromatic N) is 1. The van der Waals surface area contributed by atoms with Crippen molar-refractivity contribution < 1.29 is 14.3 Å². The van der Waals surface area contributed by atoms with Crippen LogP contribution in [0.1, 0.15) is 38.2 Å². The first-order valence-corrected chi connectivity index (χ1v) is 9.07. The summed E-state index contributed by atoms with van der Waals surface area (Å²) in [4.78, 5) is 12.8. The van der Waals surface area contributed by atoms with E-state index in [0.717, 1.165) is 22.8 Å². The Hall–Kier alpha value is -3.26. The quantitative estimate of drug-likeness (QED) is 0.803. The molecule has 0 saturated heterocycles. The number of fused-ring (bicyclic) bond motifs is 1. The predicted molar refractivity (Wildman–Crippen MR) is 103 cm³/mol. The summed E-state index contributed by atoms with van der Waals surface area (Å²) in [6.07, 6.45) is 1.31. The molecule has 2 aromatic carbocycles. The standard InChI is InChI=1S/C22H22N2O3/c1-3-8-18-20(22(25)26-4-2)19(17(13-23)21(24)27-18)16-12-7-10-14-9-5-6-11-15(14)16/h5-7,9-12,19H,3-4,8,24H2,1-2H3/t19-/m1/s1. The molecular formula is C22H22N2O3. The largest absolute Gasteiger partial charge is 0.463 e. The summed E-state index contributed by atoms with van der Waals surface area (Å²) < 4.78 is 11.0. The van der Waals surface area contributed by atoms with Crippen molar-refractivity contribution in [2.75, 3.05) is 6.61 Å². The number of ether oxygens (including phenoxy) is 2. The van der Waals surface area contributed by atoms with Crippen LogP contribution in [0.4, 0.5) is 0 Å². The number of benzene rings is 2. The summed E-state index contributed by atoms with van der Waals surface area (Å²) in [7, 11) is 0. The number of carbonyl (C=O) groups is 1. The molecule has 0 radical (unpaired) electrons. The van der Waals surface area contributed by atoms with Crippen molar-refractivity contribution in [1.82, 2.24) is 0 Å². The van der Waals surface area contributed by atoms with Crippen LogP contribution in [0.25, 0.3) is 10.8 Å². The van der Waals surface area contributed by atoms with Gasteiger partial charge in [-0.3, -0.25) is 0 Å². The molecule has 5 heteroatoms. The molecule has 0 unspecified atom stereocenters. The lowest BCUT2D eigenvalue weighted by Gasteiger charge is -2.28. The summed E-state index contributed by atoms with van der Waals surface area (Å²) in [5.41, 5.74) is 7.50. The highest BCUT2D eigenvalue weighted by Crippen LogP contribution is 2.43. The van der Waals surface area contributed by atoms with Gasteiger partial charge in [-0.05, 0) is 29.7 Å². The maximum absolute atomic E-state index is 12.8. The van der Waals surface area contributed by atoms with Gasteiger partial charge in [-0.2, -0.15) is 5.26 Å². The first-order chi connectivity index (χ1) is 13.1. The summed E-state index contributed by atoms with van der Waals surface area (Å²) >= 11 is 0. The number of carbonyl (C=O) groups excluding carboxylic acids is 1. The van der Waals surface area contributed by atoms with Crippen molar-refractivity contribution in [3.05, 3.63) is 70.8 Å². The van der Waals surface area contributed by atoms with Gasteiger partial charge in [-0.1, -0.05) is 49.4 Å². The smallest absolute Gasteiger partial charge is 0.338 e. The third-order valence-corrected chi connectivity index (χ3v) is 4.60. The van der Waals surface area contributed by atoms with E-state index in [2.05, 4.69) is 6.07 Å². The molecule has 1 aliphatic rings. The lowest BCUT2D eigenvalue weighted by molar-refractivity contribution is -0.139. The number of allylic oxidation sites excluding steroid dienone is 2. The summed E-state index contributed by atoms with van der Waals surface area (Å²) in [6, 6.07) is 15.8. The average Bonchev–Trinajstić information content (AvgIpc) is 2.67. The van der Waals surface area contributed by atoms with E-state index in [9.17, 15) is 10.1 Å². The zero-order valence-corrected chi connectivity index (χ0v) is 15.5. The Morgan fingerprint density at radius 2 is 1.96 bits per heavy atom. The first-order valence-electron chi connectivity index (χ1n) is 9.07. The molecule has 3 rings (SSSR count). The predicted octanol–water partition coefficient (Wildman–Crippen LogP) is 4.26. The number of nitriles is 1. The van der Waals surface area contributed by atoms with E-state index in [1.54, 1.807) is 6.92 Å². The molecule has 138 valence electrons. The van der Waals surface area contributed by atoms with Crippen LogP contribution < -0.4 is 5.73 Å². The molecule has 0 bridgehead atoms. The Morgan fingerprint density at radius 1 is 1.22 bits per heavy atom. The molecule has 0 aliphatic carbocycles. The van der Waals surface area contributed by atoms with Crippen LogP contribution in [0.2, 0.25) is 0 Å². The van der Waals surface area contributed by atoms with E-state index in [1.165, 1.54) is 0 Å². The number of hydrogen-bond acceptors (Lipinski definition) is 5. The lowest BCUT2D eigenvalue weighted by atomic mass is 9.80. The fraction of sp³-hybridized carbons (Fsp3) is 0.273. The Labute approximate surface area is 158 Å². The Bertz CT molecular complexity index is 977. The Balaban J connectivity index is 2.30. The summed E-state index contributed by atoms with van der Waals surface area (Å²) in [5.74, 6) is -0.563. The maximum Gasteiger partial charge on any atom is 0.338 e. The minimum absolute atomic E-state index is 0.0481. The highest BCUT2D eigenvalue weighted by atomic mass is 16.5. The molecular weight excluding hydrogens is 340 g/mol. The van der Waals surface area contributed by atoms with Crippen molar-refractivity contribution >= 4 is 16.7 Å². The zero-order chi connectivity index (χ0) is 19.4. The van der Waals surface area contributed by atoms with Gasteiger partial charge in [0.05, 0.1) is 18.1 Å². The maximum atomic E-state index is 12.8. The van der Waals surface area contributed by atoms with Crippen LogP contribution in [0.3, 0.4) is 0 Å². The van der Waals surface area contributed by atoms with Crippen molar-refractivity contribution in [1.29, 1.82) is 5.26 Å². The van der Waals surface area contributed by atoms with Gasteiger partial charge < -0.3 is 15.2 Å². The average molecular weight is 362 g/mol. The summed E-state index contributed by atoms with van der Waals surface area (Å²) in [5, 5.41) is 11.8. The fourth-order valence-electron chi connectivity index (χ4n) is 3.48. The normalized spacial score (nSPS) is 16.9. The van der Waals surface area contributed by atoms with Gasteiger partial charge in [0.15, 0.2) is 0 Å². The molecule has 1 heterocycles. The van der Waals surface area contributed by atoms with E-state index in [-0.39, 0.29) is 18.1 Å². The van der Waals surface area contributed by atoms with E-state index in [1.807, 2.05) is 49.4 Å². The molecule has 2 aromatic rings. The van der Waals surface area contributed by atoms with Crippen LogP contribution in [-0.4, -0.2) is 12.6 Å². The third-order valence-electron chi connectivity index (χ3n) is 4.60. The lowest BCUT2D eigenvalue weighted by Crippen LogP contribution is -2.26. The molecule has 5 nitrogen and oxygen atoms in total. The molecule has 0 amide bonds. The van der Waals surface area contributed by atoms with Gasteiger partial charge in [0.1, 0.15) is 17.4 Å². The second-order valence-electron chi connectivity index (χ2n) is 6.30. The second-order valence-corrected chi connectivity index (χ2v) is 6.30. The van der Waals surface area contributed by atoms with E-state index in [4.69, 9.17) is 15.2 Å². The Morgan fingerprint density at radius 3 is 2.67 bits per heavy atom. The second kappa shape index (κ2) is 7.96. The monoisotopic (exact) mass is 362 g/mol. The van der Waals surface area contributed by atoms with Crippen molar-refractivity contribution in [2.24, 2.45) is 5.73 Å². The van der Waals surface area contributed by atoms with Gasteiger partial charge >= 0.3 is 5.97 Å². The molecule has 0 aromatic heterocycles. The number of rotatable bonds is 5. The van der Waals surface area contributed by atoms with Crippen LogP contribution in [0, 0.1) is 11.3 Å². The van der Waals surface area contributed by atoms with Crippen molar-refractivity contribution in [2.45, 2.75) is 32.6 Å².